The summed E-state index contributed by atoms with van der Waals surface area (Å²) in [5.41, 5.74) is 3.53. The van der Waals surface area contributed by atoms with Gasteiger partial charge in [-0.2, -0.15) is 10.2 Å². The summed E-state index contributed by atoms with van der Waals surface area (Å²) in [4.78, 5) is 11.9. The van der Waals surface area contributed by atoms with Gasteiger partial charge in [-0.1, -0.05) is 39.2 Å². The molecule has 1 unspecified atom stereocenters. The Kier molecular flexibility index (Phi) is 12.4. The third-order valence-corrected chi connectivity index (χ3v) is 5.61. The Morgan fingerprint density at radius 2 is 1.94 bits per heavy atom. The van der Waals surface area contributed by atoms with Gasteiger partial charge in [0.15, 0.2) is 0 Å². The highest BCUT2D eigenvalue weighted by Crippen LogP contribution is 2.24. The minimum atomic E-state index is 0. The lowest BCUT2D eigenvalue weighted by atomic mass is 10.1. The second-order valence-corrected chi connectivity index (χ2v) is 8.15. The molecule has 1 saturated heterocycles. The fourth-order valence-electron chi connectivity index (χ4n) is 3.85. The molecule has 0 spiro atoms. The van der Waals surface area contributed by atoms with Crippen LogP contribution >= 0.6 is 24.8 Å². The molecule has 8 heteroatoms. The molecule has 176 valence electrons. The van der Waals surface area contributed by atoms with Gasteiger partial charge < -0.3 is 15.5 Å². The second kappa shape index (κ2) is 14.2. The van der Waals surface area contributed by atoms with E-state index in [1.54, 1.807) is 0 Å². The molecule has 0 bridgehead atoms. The molecule has 2 N–H and O–H groups in total. The fourth-order valence-corrected chi connectivity index (χ4v) is 3.85. The lowest BCUT2D eigenvalue weighted by Crippen LogP contribution is -2.33. The molecule has 1 atom stereocenters. The van der Waals surface area contributed by atoms with Crippen LogP contribution in [-0.4, -0.2) is 35.6 Å². The summed E-state index contributed by atoms with van der Waals surface area (Å²) in [5.74, 6) is 1.59. The number of benzene rings is 1. The van der Waals surface area contributed by atoms with Crippen molar-refractivity contribution in [1.29, 1.82) is 5.26 Å². The average Bonchev–Trinajstić information content (AvgIpc) is 3.22. The van der Waals surface area contributed by atoms with E-state index in [1.165, 1.54) is 19.3 Å². The van der Waals surface area contributed by atoms with Gasteiger partial charge >= 0.3 is 0 Å². The van der Waals surface area contributed by atoms with Crippen molar-refractivity contribution in [1.82, 2.24) is 15.3 Å². The second-order valence-electron chi connectivity index (χ2n) is 8.15. The minimum Gasteiger partial charge on any atom is -0.355 e. The van der Waals surface area contributed by atoms with Crippen LogP contribution in [0.3, 0.4) is 0 Å². The molecule has 1 aliphatic rings. The number of rotatable bonds is 10. The summed E-state index contributed by atoms with van der Waals surface area (Å²) >= 11 is 0. The highest BCUT2D eigenvalue weighted by Gasteiger charge is 2.23. The number of unbranched alkanes of at least 4 members (excludes halogenated alkanes) is 2. The van der Waals surface area contributed by atoms with E-state index in [-0.39, 0.29) is 24.8 Å². The van der Waals surface area contributed by atoms with Gasteiger partial charge in [-0.25, -0.2) is 4.98 Å². The monoisotopic (exact) mass is 478 g/mol. The first-order chi connectivity index (χ1) is 14.6. The Bertz CT molecular complexity index is 883. The summed E-state index contributed by atoms with van der Waals surface area (Å²) in [6, 6.07) is 10.7. The zero-order valence-corrected chi connectivity index (χ0v) is 21.0. The number of nitrogens with zero attached hydrogens (tertiary/aromatic N) is 4. The first kappa shape index (κ1) is 28.0. The number of nitrogens with one attached hydrogen (secondary N) is 2. The molecule has 0 saturated carbocycles. The molecule has 1 aromatic carbocycles. The van der Waals surface area contributed by atoms with Gasteiger partial charge in [0.1, 0.15) is 5.82 Å². The number of aromatic nitrogens is 2. The molecule has 0 aliphatic carbocycles. The number of halogens is 2. The van der Waals surface area contributed by atoms with E-state index in [0.717, 1.165) is 61.7 Å². The van der Waals surface area contributed by atoms with Crippen LogP contribution in [0.25, 0.3) is 0 Å². The summed E-state index contributed by atoms with van der Waals surface area (Å²) in [7, 11) is 0. The SMILES string of the molecule is CCCCCNC1CCN(c2cc(CCC)nc(Nc3ccc(C)c(C#N)c3)n2)C1.Cl.Cl. The van der Waals surface area contributed by atoms with Crippen LogP contribution in [0.15, 0.2) is 24.3 Å². The van der Waals surface area contributed by atoms with Gasteiger partial charge in [-0.05, 0) is 50.4 Å². The molecule has 0 radical (unpaired) electrons. The van der Waals surface area contributed by atoms with E-state index in [4.69, 9.17) is 9.97 Å². The van der Waals surface area contributed by atoms with Crippen molar-refractivity contribution in [2.45, 2.75) is 65.3 Å². The summed E-state index contributed by atoms with van der Waals surface area (Å²) in [5, 5.41) is 16.3. The van der Waals surface area contributed by atoms with E-state index < -0.39 is 0 Å². The van der Waals surface area contributed by atoms with Crippen molar-refractivity contribution < 1.29 is 0 Å². The van der Waals surface area contributed by atoms with Crippen LogP contribution < -0.4 is 15.5 Å². The third kappa shape index (κ3) is 7.81. The first-order valence-corrected chi connectivity index (χ1v) is 11.3. The molecular weight excluding hydrogens is 443 g/mol. The van der Waals surface area contributed by atoms with Crippen molar-refractivity contribution in [2.24, 2.45) is 0 Å². The number of hydrogen-bond acceptors (Lipinski definition) is 6. The van der Waals surface area contributed by atoms with E-state index in [1.807, 2.05) is 25.1 Å². The van der Waals surface area contributed by atoms with Gasteiger partial charge in [0.05, 0.1) is 11.6 Å². The van der Waals surface area contributed by atoms with E-state index in [2.05, 4.69) is 41.5 Å². The number of aryl methyl sites for hydroxylation is 2. The van der Waals surface area contributed by atoms with Crippen molar-refractivity contribution in [3.05, 3.63) is 41.1 Å². The maximum Gasteiger partial charge on any atom is 0.229 e. The highest BCUT2D eigenvalue weighted by atomic mass is 35.5. The summed E-state index contributed by atoms with van der Waals surface area (Å²) in [6.45, 7) is 9.44. The van der Waals surface area contributed by atoms with Crippen molar-refractivity contribution in [3.63, 3.8) is 0 Å². The van der Waals surface area contributed by atoms with Crippen LogP contribution in [0, 0.1) is 18.3 Å². The zero-order valence-electron chi connectivity index (χ0n) is 19.4. The van der Waals surface area contributed by atoms with Gasteiger partial charge in [-0.3, -0.25) is 0 Å². The lowest BCUT2D eigenvalue weighted by molar-refractivity contribution is 0.527. The Balaban J connectivity index is 0.00000256. The normalized spacial score (nSPS) is 14.9. The molecule has 2 heterocycles. The lowest BCUT2D eigenvalue weighted by Gasteiger charge is -2.20. The van der Waals surface area contributed by atoms with Gasteiger partial charge in [-0.15, -0.1) is 24.8 Å². The molecule has 2 aromatic rings. The smallest absolute Gasteiger partial charge is 0.229 e. The standard InChI is InChI=1S/C24H34N6.2ClH/c1-4-6-7-12-26-22-11-13-30(17-22)23-15-20(8-5-2)27-24(29-23)28-21-10-9-18(3)19(14-21)16-25;;/h9-10,14-15,22,26H,4-8,11-13,17H2,1-3H3,(H,27,28,29);2*1H. The summed E-state index contributed by atoms with van der Waals surface area (Å²) in [6.07, 6.45) is 6.90. The molecule has 6 nitrogen and oxygen atoms in total. The minimum absolute atomic E-state index is 0. The Hall–Kier alpha value is -2.07. The van der Waals surface area contributed by atoms with E-state index in [0.29, 0.717) is 17.6 Å². The van der Waals surface area contributed by atoms with Crippen LogP contribution in [0.2, 0.25) is 0 Å². The topological polar surface area (TPSA) is 76.9 Å². The average molecular weight is 480 g/mol. The molecular formula is C24H36Cl2N6. The fraction of sp³-hybridized carbons (Fsp3) is 0.542. The number of hydrogen-bond donors (Lipinski definition) is 2. The predicted octanol–water partition coefficient (Wildman–Crippen LogP) is 5.55. The maximum absolute atomic E-state index is 9.31. The number of nitriles is 1. The molecule has 1 aliphatic heterocycles. The maximum atomic E-state index is 9.31. The highest BCUT2D eigenvalue weighted by molar-refractivity contribution is 5.85. The molecule has 1 aromatic heterocycles. The van der Waals surface area contributed by atoms with Crippen molar-refractivity contribution in [2.75, 3.05) is 29.9 Å². The third-order valence-electron chi connectivity index (χ3n) is 5.61. The van der Waals surface area contributed by atoms with E-state index in [9.17, 15) is 5.26 Å². The molecule has 0 amide bonds. The Labute approximate surface area is 205 Å². The van der Waals surface area contributed by atoms with Crippen LogP contribution in [0.5, 0.6) is 0 Å². The quantitative estimate of drug-likeness (QED) is 0.435. The van der Waals surface area contributed by atoms with Crippen LogP contribution in [0.1, 0.15) is 62.8 Å². The van der Waals surface area contributed by atoms with Gasteiger partial charge in [0.2, 0.25) is 5.95 Å². The predicted molar refractivity (Wildman–Crippen MR) is 138 cm³/mol. The van der Waals surface area contributed by atoms with E-state index >= 15 is 0 Å². The largest absolute Gasteiger partial charge is 0.355 e. The Morgan fingerprint density at radius 3 is 2.66 bits per heavy atom. The van der Waals surface area contributed by atoms with Crippen molar-refractivity contribution >= 4 is 42.3 Å². The molecule has 32 heavy (non-hydrogen) atoms. The van der Waals surface area contributed by atoms with Crippen LogP contribution in [0.4, 0.5) is 17.5 Å². The molecule has 1 fully saturated rings. The zero-order chi connectivity index (χ0) is 21.3. The van der Waals surface area contributed by atoms with Gasteiger partial charge in [0, 0.05) is 36.6 Å². The van der Waals surface area contributed by atoms with Gasteiger partial charge in [0.25, 0.3) is 0 Å². The Morgan fingerprint density at radius 1 is 1.12 bits per heavy atom. The first-order valence-electron chi connectivity index (χ1n) is 11.3. The summed E-state index contributed by atoms with van der Waals surface area (Å²) < 4.78 is 0. The number of anilines is 3. The molecule has 3 rings (SSSR count). The van der Waals surface area contributed by atoms with Crippen molar-refractivity contribution in [3.8, 4) is 6.07 Å². The van der Waals surface area contributed by atoms with Crippen LogP contribution in [-0.2, 0) is 6.42 Å².